The lowest BCUT2D eigenvalue weighted by Crippen LogP contribution is -2.36. The molecule has 0 aromatic heterocycles. The number of unbranched alkanes of at least 4 members (excludes halogenated alkanes) is 3. The molecule has 0 heterocycles. The van der Waals surface area contributed by atoms with Gasteiger partial charge in [-0.3, -0.25) is 0 Å². The fourth-order valence-corrected chi connectivity index (χ4v) is 4.21. The number of hydrogen-bond acceptors (Lipinski definition) is 8. The van der Waals surface area contributed by atoms with Crippen molar-refractivity contribution in [1.29, 1.82) is 0 Å². The molecule has 49 heavy (non-hydrogen) atoms. The average Bonchev–Trinajstić information content (AvgIpc) is 3.03. The van der Waals surface area contributed by atoms with E-state index in [-0.39, 0.29) is 30.3 Å². The van der Waals surface area contributed by atoms with Crippen LogP contribution in [0.2, 0.25) is 0 Å². The Labute approximate surface area is 277 Å². The first-order chi connectivity index (χ1) is 23.1. The third-order valence-electron chi connectivity index (χ3n) is 6.78. The molecule has 0 aliphatic carbocycles. The van der Waals surface area contributed by atoms with Crippen molar-refractivity contribution in [2.45, 2.75) is 56.7 Å². The summed E-state index contributed by atoms with van der Waals surface area (Å²) in [5.41, 5.74) is 12.3. The molecule has 0 saturated carbocycles. The predicted molar refractivity (Wildman–Crippen MR) is 167 cm³/mol. The molecular formula is C34H35F7N2O6. The number of carbonyl (C=O) groups is 2. The van der Waals surface area contributed by atoms with Crippen LogP contribution in [-0.2, 0) is 20.4 Å². The van der Waals surface area contributed by atoms with Gasteiger partial charge in [0.2, 0.25) is 0 Å². The van der Waals surface area contributed by atoms with E-state index >= 15 is 0 Å². The first kappa shape index (κ1) is 38.5. The third kappa shape index (κ3) is 12.9. The number of halogens is 7. The number of nitrogens with two attached hydrogens (primary N) is 2. The van der Waals surface area contributed by atoms with Crippen LogP contribution < -0.4 is 20.9 Å². The lowest BCUT2D eigenvalue weighted by atomic mass is 10.2. The first-order valence-electron chi connectivity index (χ1n) is 15.1. The summed E-state index contributed by atoms with van der Waals surface area (Å²) < 4.78 is 112. The average molecular weight is 701 g/mol. The van der Waals surface area contributed by atoms with E-state index < -0.39 is 55.2 Å². The van der Waals surface area contributed by atoms with E-state index in [1.807, 2.05) is 0 Å². The van der Waals surface area contributed by atoms with Crippen LogP contribution in [0.15, 0.2) is 72.8 Å². The maximum absolute atomic E-state index is 14.7. The monoisotopic (exact) mass is 700 g/mol. The van der Waals surface area contributed by atoms with Gasteiger partial charge in [0, 0.05) is 23.9 Å². The van der Waals surface area contributed by atoms with Gasteiger partial charge >= 0.3 is 30.1 Å². The molecule has 0 bridgehead atoms. The van der Waals surface area contributed by atoms with Crippen LogP contribution in [0.25, 0.3) is 6.08 Å². The SMILES string of the molecule is Nc1cc(N)cc(C(=O)OCCCCCCOC(=O)/C=C/c2ccc(OC(F)(F)c3ccc(OCCCC(F)(F)C(F)(F)F)cc3)cc2)c1. The van der Waals surface area contributed by atoms with Gasteiger partial charge in [0.25, 0.3) is 0 Å². The lowest BCUT2D eigenvalue weighted by molar-refractivity contribution is -0.284. The highest BCUT2D eigenvalue weighted by atomic mass is 19.4. The third-order valence-corrected chi connectivity index (χ3v) is 6.78. The summed E-state index contributed by atoms with van der Waals surface area (Å²) >= 11 is 0. The van der Waals surface area contributed by atoms with Gasteiger partial charge in [0.15, 0.2) is 0 Å². The molecule has 15 heteroatoms. The molecule has 0 radical (unpaired) electrons. The second kappa shape index (κ2) is 17.4. The molecule has 3 rings (SSSR count). The van der Waals surface area contributed by atoms with Crippen molar-refractivity contribution in [3.05, 3.63) is 89.5 Å². The summed E-state index contributed by atoms with van der Waals surface area (Å²) in [4.78, 5) is 24.1. The van der Waals surface area contributed by atoms with E-state index in [0.717, 1.165) is 37.1 Å². The van der Waals surface area contributed by atoms with Gasteiger partial charge in [-0.2, -0.15) is 30.7 Å². The number of esters is 2. The highest BCUT2D eigenvalue weighted by molar-refractivity contribution is 5.91. The summed E-state index contributed by atoms with van der Waals surface area (Å²) in [5, 5.41) is 0. The molecule has 8 nitrogen and oxygen atoms in total. The minimum Gasteiger partial charge on any atom is -0.494 e. The van der Waals surface area contributed by atoms with Gasteiger partial charge in [-0.05, 0) is 98.3 Å². The summed E-state index contributed by atoms with van der Waals surface area (Å²) in [6, 6.07) is 14.1. The van der Waals surface area contributed by atoms with E-state index in [2.05, 4.69) is 0 Å². The number of hydrogen-bond donors (Lipinski definition) is 2. The fraction of sp³-hybridized carbons (Fsp3) is 0.353. The lowest BCUT2D eigenvalue weighted by Gasteiger charge is -2.20. The van der Waals surface area contributed by atoms with Gasteiger partial charge in [0.05, 0.1) is 30.9 Å². The topological polar surface area (TPSA) is 123 Å². The number of carbonyl (C=O) groups excluding carboxylic acids is 2. The molecule has 3 aromatic carbocycles. The number of alkyl halides is 7. The second-order valence-electron chi connectivity index (χ2n) is 10.8. The number of benzene rings is 3. The Balaban J connectivity index is 1.32. The number of nitrogen functional groups attached to an aromatic ring is 2. The van der Waals surface area contributed by atoms with Crippen molar-refractivity contribution in [2.24, 2.45) is 0 Å². The fourth-order valence-electron chi connectivity index (χ4n) is 4.21. The van der Waals surface area contributed by atoms with Crippen LogP contribution in [0.3, 0.4) is 0 Å². The Morgan fingerprint density at radius 2 is 1.24 bits per heavy atom. The van der Waals surface area contributed by atoms with Crippen molar-refractivity contribution in [3.63, 3.8) is 0 Å². The van der Waals surface area contributed by atoms with Crippen LogP contribution in [-0.4, -0.2) is 43.9 Å². The minimum atomic E-state index is -5.66. The van der Waals surface area contributed by atoms with Crippen molar-refractivity contribution >= 4 is 29.4 Å². The first-order valence-corrected chi connectivity index (χ1v) is 15.1. The predicted octanol–water partition coefficient (Wildman–Crippen LogP) is 8.31. The van der Waals surface area contributed by atoms with Gasteiger partial charge in [-0.1, -0.05) is 12.1 Å². The molecule has 0 aliphatic rings. The van der Waals surface area contributed by atoms with Crippen molar-refractivity contribution in [1.82, 2.24) is 0 Å². The van der Waals surface area contributed by atoms with Gasteiger partial charge < -0.3 is 30.4 Å². The Bertz CT molecular complexity index is 1530. The van der Waals surface area contributed by atoms with E-state index in [0.29, 0.717) is 29.8 Å². The molecule has 0 spiro atoms. The van der Waals surface area contributed by atoms with E-state index in [1.54, 1.807) is 0 Å². The highest BCUT2D eigenvalue weighted by Crippen LogP contribution is 2.39. The van der Waals surface area contributed by atoms with E-state index in [4.69, 9.17) is 30.4 Å². The number of anilines is 2. The minimum absolute atomic E-state index is 0.00207. The quantitative estimate of drug-likeness (QED) is 0.0447. The van der Waals surface area contributed by atoms with Crippen molar-refractivity contribution in [2.75, 3.05) is 31.3 Å². The van der Waals surface area contributed by atoms with Crippen LogP contribution in [0.5, 0.6) is 11.5 Å². The standard InChI is InChI=1S/C34H35F7N2O6/c35-32(36,34(39,40)41)16-5-19-46-28-13-9-25(10-14-28)33(37,38)49-29-11-6-23(7-12-29)8-15-30(44)47-17-3-1-2-4-18-48-31(45)24-20-26(42)22-27(43)21-24/h6-15,20-22H,1-5,16-19,42-43H2/b15-8+. The summed E-state index contributed by atoms with van der Waals surface area (Å²) in [6.45, 7) is -0.0694. The largest absolute Gasteiger partial charge is 0.494 e. The van der Waals surface area contributed by atoms with E-state index in [1.165, 1.54) is 54.6 Å². The molecule has 266 valence electrons. The summed E-state index contributed by atoms with van der Waals surface area (Å²) in [7, 11) is 0. The number of ether oxygens (including phenoxy) is 4. The molecular weight excluding hydrogens is 665 g/mol. The molecule has 0 unspecified atom stereocenters. The van der Waals surface area contributed by atoms with Crippen LogP contribution in [0.1, 0.15) is 60.0 Å². The van der Waals surface area contributed by atoms with Gasteiger partial charge in [-0.15, -0.1) is 0 Å². The van der Waals surface area contributed by atoms with Crippen LogP contribution in [0.4, 0.5) is 42.1 Å². The molecule has 0 atom stereocenters. The molecule has 0 amide bonds. The van der Waals surface area contributed by atoms with Gasteiger partial charge in [0.1, 0.15) is 11.5 Å². The van der Waals surface area contributed by atoms with Crippen molar-refractivity contribution < 1.29 is 59.3 Å². The zero-order chi connectivity index (χ0) is 36.1. The van der Waals surface area contributed by atoms with Crippen molar-refractivity contribution in [3.8, 4) is 11.5 Å². The summed E-state index contributed by atoms with van der Waals surface area (Å²) in [5.74, 6) is -6.13. The van der Waals surface area contributed by atoms with Crippen LogP contribution in [0, 0.1) is 0 Å². The van der Waals surface area contributed by atoms with E-state index in [9.17, 15) is 40.3 Å². The second-order valence-corrected chi connectivity index (χ2v) is 10.8. The Morgan fingerprint density at radius 1 is 0.673 bits per heavy atom. The normalized spacial score (nSPS) is 12.1. The molecule has 0 saturated heterocycles. The Hall–Kier alpha value is -4.95. The number of rotatable bonds is 18. The molecule has 3 aromatic rings. The molecule has 0 aliphatic heterocycles. The van der Waals surface area contributed by atoms with Gasteiger partial charge in [-0.25, -0.2) is 9.59 Å². The Kier molecular flexibility index (Phi) is 13.7. The highest BCUT2D eigenvalue weighted by Gasteiger charge is 2.56. The molecule has 4 N–H and O–H groups in total. The van der Waals surface area contributed by atoms with Crippen LogP contribution >= 0.6 is 0 Å². The maximum atomic E-state index is 14.7. The maximum Gasteiger partial charge on any atom is 0.453 e. The smallest absolute Gasteiger partial charge is 0.453 e. The zero-order valence-electron chi connectivity index (χ0n) is 26.1. The Morgan fingerprint density at radius 3 is 1.84 bits per heavy atom. The zero-order valence-corrected chi connectivity index (χ0v) is 26.1. The summed E-state index contributed by atoms with van der Waals surface area (Å²) in [6.07, 6.45) is -6.16. The molecule has 0 fully saturated rings.